The number of anilines is 2. The van der Waals surface area contributed by atoms with Gasteiger partial charge in [0.1, 0.15) is 11.2 Å². The van der Waals surface area contributed by atoms with Crippen molar-refractivity contribution in [2.24, 2.45) is 0 Å². The van der Waals surface area contributed by atoms with Gasteiger partial charge in [-0.3, -0.25) is 14.4 Å². The van der Waals surface area contributed by atoms with E-state index in [9.17, 15) is 30.8 Å². The van der Waals surface area contributed by atoms with E-state index in [1.54, 1.807) is 12.1 Å². The second-order valence-corrected chi connectivity index (χ2v) is 9.91. The van der Waals surface area contributed by atoms with Crippen LogP contribution < -0.4 is 9.62 Å². The molecule has 0 aromatic heterocycles. The van der Waals surface area contributed by atoms with Crippen molar-refractivity contribution in [3.63, 3.8) is 0 Å². The quantitative estimate of drug-likeness (QED) is 0.479. The predicted octanol–water partition coefficient (Wildman–Crippen LogP) is 5.42. The second-order valence-electron chi connectivity index (χ2n) is 7.16. The van der Waals surface area contributed by atoms with Crippen LogP contribution in [0.2, 0.25) is 0 Å². The van der Waals surface area contributed by atoms with Gasteiger partial charge < -0.3 is 0 Å². The van der Waals surface area contributed by atoms with Crippen LogP contribution in [0.25, 0.3) is 0 Å². The number of nitrogens with one attached hydrogen (secondary N) is 1. The van der Waals surface area contributed by atoms with E-state index in [1.807, 2.05) is 0 Å². The molecular weight excluding hydrogens is 480 g/mol. The van der Waals surface area contributed by atoms with Gasteiger partial charge in [0.25, 0.3) is 10.0 Å². The SMILES string of the molecule is O=C1CSC(c2cccc(NS(=O)(=O)c3cccc(C(F)(F)F)c3)c2)N1c1ccc(F)cc1. The Balaban J connectivity index is 1.62. The number of benzene rings is 3. The zero-order chi connectivity index (χ0) is 23.8. The molecule has 1 saturated heterocycles. The van der Waals surface area contributed by atoms with Crippen molar-refractivity contribution in [1.82, 2.24) is 0 Å². The number of amides is 1. The number of alkyl halides is 3. The fourth-order valence-corrected chi connectivity index (χ4v) is 5.62. The summed E-state index contributed by atoms with van der Waals surface area (Å²) in [6.07, 6.45) is -4.68. The third kappa shape index (κ3) is 4.98. The van der Waals surface area contributed by atoms with Crippen molar-refractivity contribution in [3.8, 4) is 0 Å². The summed E-state index contributed by atoms with van der Waals surface area (Å²) in [7, 11) is -4.30. The molecule has 0 aliphatic carbocycles. The van der Waals surface area contributed by atoms with Gasteiger partial charge in [-0.1, -0.05) is 18.2 Å². The molecule has 1 aliphatic rings. The number of sulfonamides is 1. The lowest BCUT2D eigenvalue weighted by Gasteiger charge is -2.24. The monoisotopic (exact) mass is 496 g/mol. The number of hydrogen-bond donors (Lipinski definition) is 1. The zero-order valence-corrected chi connectivity index (χ0v) is 18.3. The lowest BCUT2D eigenvalue weighted by atomic mass is 10.1. The molecule has 172 valence electrons. The van der Waals surface area contributed by atoms with Gasteiger partial charge in [0.2, 0.25) is 5.91 Å². The van der Waals surface area contributed by atoms with Crippen LogP contribution in [0.4, 0.5) is 28.9 Å². The smallest absolute Gasteiger partial charge is 0.295 e. The summed E-state index contributed by atoms with van der Waals surface area (Å²) in [4.78, 5) is 13.4. The van der Waals surface area contributed by atoms with Crippen LogP contribution in [0.15, 0.2) is 77.7 Å². The summed E-state index contributed by atoms with van der Waals surface area (Å²) >= 11 is 1.32. The summed E-state index contributed by atoms with van der Waals surface area (Å²) < 4.78 is 79.9. The van der Waals surface area contributed by atoms with Crippen LogP contribution in [0, 0.1) is 5.82 Å². The maximum Gasteiger partial charge on any atom is 0.416 e. The number of carbonyl (C=O) groups excluding carboxylic acids is 1. The first-order chi connectivity index (χ1) is 15.5. The highest BCUT2D eigenvalue weighted by molar-refractivity contribution is 8.00. The molecular formula is C22H16F4N2O3S2. The fourth-order valence-electron chi connectivity index (χ4n) is 3.36. The van der Waals surface area contributed by atoms with Gasteiger partial charge in [0.05, 0.1) is 16.2 Å². The van der Waals surface area contributed by atoms with E-state index in [-0.39, 0.29) is 17.3 Å². The van der Waals surface area contributed by atoms with Crippen LogP contribution in [-0.2, 0) is 21.0 Å². The van der Waals surface area contributed by atoms with Crippen LogP contribution in [0.5, 0.6) is 0 Å². The molecule has 1 amide bonds. The van der Waals surface area contributed by atoms with Crippen molar-refractivity contribution < 1.29 is 30.8 Å². The molecule has 11 heteroatoms. The third-order valence-electron chi connectivity index (χ3n) is 4.87. The molecule has 1 aliphatic heterocycles. The Labute approximate surface area is 191 Å². The van der Waals surface area contributed by atoms with E-state index in [2.05, 4.69) is 4.72 Å². The first kappa shape index (κ1) is 23.1. The molecule has 1 fully saturated rings. The fraction of sp³-hybridized carbons (Fsp3) is 0.136. The molecule has 4 rings (SSSR count). The number of thioether (sulfide) groups is 1. The maximum absolute atomic E-state index is 13.3. The van der Waals surface area contributed by atoms with Crippen molar-refractivity contribution in [1.29, 1.82) is 0 Å². The molecule has 3 aromatic rings. The van der Waals surface area contributed by atoms with Crippen molar-refractivity contribution in [2.45, 2.75) is 16.4 Å². The molecule has 0 radical (unpaired) electrons. The molecule has 33 heavy (non-hydrogen) atoms. The number of hydrogen-bond acceptors (Lipinski definition) is 4. The van der Waals surface area contributed by atoms with Gasteiger partial charge in [0, 0.05) is 11.4 Å². The van der Waals surface area contributed by atoms with Gasteiger partial charge in [-0.2, -0.15) is 13.2 Å². The first-order valence-electron chi connectivity index (χ1n) is 9.54. The third-order valence-corrected chi connectivity index (χ3v) is 7.46. The first-order valence-corrected chi connectivity index (χ1v) is 12.1. The summed E-state index contributed by atoms with van der Waals surface area (Å²) in [5.74, 6) is -0.449. The van der Waals surface area contributed by atoms with E-state index in [1.165, 1.54) is 53.1 Å². The summed E-state index contributed by atoms with van der Waals surface area (Å²) in [6, 6.07) is 15.1. The van der Waals surface area contributed by atoms with Gasteiger partial charge in [-0.05, 0) is 60.2 Å². The number of carbonyl (C=O) groups is 1. The van der Waals surface area contributed by atoms with Crippen molar-refractivity contribution in [2.75, 3.05) is 15.4 Å². The molecule has 5 nitrogen and oxygen atoms in total. The minimum absolute atomic E-state index is 0.129. The van der Waals surface area contributed by atoms with Gasteiger partial charge >= 0.3 is 6.18 Å². The Morgan fingerprint density at radius 1 is 0.970 bits per heavy atom. The molecule has 0 spiro atoms. The maximum atomic E-state index is 13.3. The zero-order valence-electron chi connectivity index (χ0n) is 16.7. The lowest BCUT2D eigenvalue weighted by molar-refractivity contribution is -0.137. The normalized spacial score (nSPS) is 16.8. The summed E-state index contributed by atoms with van der Waals surface area (Å²) in [5, 5.41) is -0.485. The minimum Gasteiger partial charge on any atom is -0.295 e. The Hall–Kier alpha value is -3.05. The van der Waals surface area contributed by atoms with E-state index < -0.39 is 37.8 Å². The average molecular weight is 497 g/mol. The number of halogens is 4. The van der Waals surface area contributed by atoms with E-state index in [0.29, 0.717) is 17.3 Å². The Morgan fingerprint density at radius 2 is 1.67 bits per heavy atom. The van der Waals surface area contributed by atoms with Gasteiger partial charge in [-0.25, -0.2) is 12.8 Å². The van der Waals surface area contributed by atoms with E-state index in [0.717, 1.165) is 18.2 Å². The molecule has 1 atom stereocenters. The van der Waals surface area contributed by atoms with Crippen LogP contribution in [0.1, 0.15) is 16.5 Å². The average Bonchev–Trinajstić information content (AvgIpc) is 3.15. The molecule has 1 heterocycles. The van der Waals surface area contributed by atoms with E-state index >= 15 is 0 Å². The van der Waals surface area contributed by atoms with Crippen LogP contribution in [-0.4, -0.2) is 20.1 Å². The van der Waals surface area contributed by atoms with Gasteiger partial charge in [-0.15, -0.1) is 11.8 Å². The Morgan fingerprint density at radius 3 is 2.36 bits per heavy atom. The van der Waals surface area contributed by atoms with Crippen molar-refractivity contribution in [3.05, 3.63) is 89.7 Å². The largest absolute Gasteiger partial charge is 0.416 e. The molecule has 3 aromatic carbocycles. The lowest BCUT2D eigenvalue weighted by Crippen LogP contribution is -2.27. The van der Waals surface area contributed by atoms with E-state index in [4.69, 9.17) is 0 Å². The summed E-state index contributed by atoms with van der Waals surface area (Å²) in [5.41, 5.74) is 0.143. The van der Waals surface area contributed by atoms with Crippen molar-refractivity contribution >= 4 is 39.1 Å². The molecule has 1 unspecified atom stereocenters. The predicted molar refractivity (Wildman–Crippen MR) is 118 cm³/mol. The number of rotatable bonds is 5. The molecule has 0 saturated carbocycles. The Kier molecular flexibility index (Phi) is 6.10. The van der Waals surface area contributed by atoms with Gasteiger partial charge in [0.15, 0.2) is 0 Å². The molecule has 0 bridgehead atoms. The number of nitrogens with zero attached hydrogens (tertiary/aromatic N) is 1. The highest BCUT2D eigenvalue weighted by atomic mass is 32.2. The highest BCUT2D eigenvalue weighted by Gasteiger charge is 2.34. The second kappa shape index (κ2) is 8.71. The van der Waals surface area contributed by atoms with Crippen LogP contribution in [0.3, 0.4) is 0 Å². The summed E-state index contributed by atoms with van der Waals surface area (Å²) in [6.45, 7) is 0. The standard InChI is InChI=1S/C22H16F4N2O3S2/c23-16-7-9-18(10-8-16)28-20(29)13-32-21(28)14-3-1-5-17(11-14)27-33(30,31)19-6-2-4-15(12-19)22(24,25)26/h1-12,21,27H,13H2. The Bertz CT molecular complexity index is 1300. The topological polar surface area (TPSA) is 66.5 Å². The van der Waals surface area contributed by atoms with Crippen LogP contribution >= 0.6 is 11.8 Å². The minimum atomic E-state index is -4.68. The molecule has 1 N–H and O–H groups in total. The highest BCUT2D eigenvalue weighted by Crippen LogP contribution is 2.42.